The molecule has 0 spiro atoms. The summed E-state index contributed by atoms with van der Waals surface area (Å²) in [6.45, 7) is 3.57. The van der Waals surface area contributed by atoms with E-state index in [1.54, 1.807) is 0 Å². The predicted octanol–water partition coefficient (Wildman–Crippen LogP) is 5.73. The highest BCUT2D eigenvalue weighted by atomic mass is 16.5. The number of rotatable bonds is 6. The monoisotopic (exact) mass is 446 g/mol. The largest absolute Gasteiger partial charge is 0.378 e. The second kappa shape index (κ2) is 10.2. The van der Waals surface area contributed by atoms with E-state index < -0.39 is 0 Å². The Kier molecular flexibility index (Phi) is 6.51. The van der Waals surface area contributed by atoms with Gasteiger partial charge in [0.2, 0.25) is 0 Å². The number of aromatic nitrogens is 1. The fraction of sp³-hybridized carbons (Fsp3) is 0.172. The van der Waals surface area contributed by atoms with E-state index in [1.165, 1.54) is 0 Å². The predicted molar refractivity (Wildman–Crippen MR) is 136 cm³/mol. The van der Waals surface area contributed by atoms with Crippen LogP contribution < -0.4 is 0 Å². The molecule has 0 radical (unpaired) electrons. The molecule has 0 amide bonds. The van der Waals surface area contributed by atoms with Crippen LogP contribution in [0, 0.1) is 11.3 Å². The summed E-state index contributed by atoms with van der Waals surface area (Å²) in [5, 5.41) is 10.4. The molecule has 0 atom stereocenters. The molecule has 1 fully saturated rings. The van der Waals surface area contributed by atoms with E-state index in [2.05, 4.69) is 51.9 Å². The highest BCUT2D eigenvalue weighted by Crippen LogP contribution is 2.43. The molecule has 2 heterocycles. The molecule has 0 unspecified atom stereocenters. The Morgan fingerprint density at radius 3 is 2.03 bits per heavy atom. The van der Waals surface area contributed by atoms with Crippen molar-refractivity contribution in [2.75, 3.05) is 26.3 Å². The fourth-order valence-electron chi connectivity index (χ4n) is 4.38. The number of benzene rings is 3. The number of aliphatic imine (C=N–C) groups is 1. The Morgan fingerprint density at radius 1 is 0.824 bits per heavy atom. The zero-order valence-corrected chi connectivity index (χ0v) is 19.0. The Balaban J connectivity index is 1.75. The van der Waals surface area contributed by atoms with Crippen molar-refractivity contribution in [1.82, 2.24) is 9.47 Å². The van der Waals surface area contributed by atoms with Gasteiger partial charge in [-0.3, -0.25) is 0 Å². The standard InChI is InChI=1S/C29H26N4O/c30-20-26-27(24-12-6-2-7-13-24)28(25-14-8-3-9-15-25)33(21-23-10-4-1-5-11-23)29(26)31-22-32-16-18-34-19-17-32/h1-15,22H,16-19,21H2. The maximum absolute atomic E-state index is 10.4. The number of ether oxygens (including phenoxy) is 1. The van der Waals surface area contributed by atoms with Gasteiger partial charge in [0.15, 0.2) is 5.82 Å². The van der Waals surface area contributed by atoms with E-state index in [4.69, 9.17) is 9.73 Å². The molecule has 1 aliphatic heterocycles. The van der Waals surface area contributed by atoms with E-state index in [1.807, 2.05) is 60.9 Å². The number of hydrogen-bond acceptors (Lipinski definition) is 3. The van der Waals surface area contributed by atoms with Crippen molar-refractivity contribution >= 4 is 12.2 Å². The van der Waals surface area contributed by atoms with E-state index in [0.717, 1.165) is 41.0 Å². The van der Waals surface area contributed by atoms with E-state index in [-0.39, 0.29) is 0 Å². The van der Waals surface area contributed by atoms with Crippen LogP contribution in [0.5, 0.6) is 0 Å². The zero-order chi connectivity index (χ0) is 23.2. The molecule has 5 rings (SSSR count). The zero-order valence-electron chi connectivity index (χ0n) is 19.0. The third kappa shape index (κ3) is 4.50. The van der Waals surface area contributed by atoms with Crippen LogP contribution in [0.4, 0.5) is 5.82 Å². The van der Waals surface area contributed by atoms with Crippen molar-refractivity contribution < 1.29 is 4.74 Å². The van der Waals surface area contributed by atoms with Gasteiger partial charge in [0.05, 0.1) is 25.2 Å². The van der Waals surface area contributed by atoms with Crippen molar-refractivity contribution in [3.63, 3.8) is 0 Å². The molecule has 1 aliphatic rings. The van der Waals surface area contributed by atoms with Crippen molar-refractivity contribution in [3.05, 3.63) is 102 Å². The van der Waals surface area contributed by atoms with Gasteiger partial charge in [0.1, 0.15) is 11.6 Å². The van der Waals surface area contributed by atoms with Gasteiger partial charge in [-0.15, -0.1) is 0 Å². The molecule has 4 aromatic rings. The Bertz CT molecular complexity index is 1300. The molecule has 0 saturated carbocycles. The first kappa shape index (κ1) is 21.7. The Hall–Kier alpha value is -4.14. The van der Waals surface area contributed by atoms with Gasteiger partial charge in [0.25, 0.3) is 0 Å². The third-order valence-electron chi connectivity index (χ3n) is 6.03. The second-order valence-corrected chi connectivity index (χ2v) is 8.23. The van der Waals surface area contributed by atoms with E-state index >= 15 is 0 Å². The lowest BCUT2D eigenvalue weighted by atomic mass is 9.98. The molecule has 1 saturated heterocycles. The lowest BCUT2D eigenvalue weighted by Crippen LogP contribution is -2.35. The molecular weight excluding hydrogens is 420 g/mol. The summed E-state index contributed by atoms with van der Waals surface area (Å²) in [6, 6.07) is 33.2. The maximum atomic E-state index is 10.4. The number of hydrogen-bond donors (Lipinski definition) is 0. The van der Waals surface area contributed by atoms with Crippen LogP contribution in [-0.2, 0) is 11.3 Å². The van der Waals surface area contributed by atoms with Gasteiger partial charge in [-0.25, -0.2) is 4.99 Å². The summed E-state index contributed by atoms with van der Waals surface area (Å²) in [5.41, 5.74) is 5.72. The van der Waals surface area contributed by atoms with E-state index in [0.29, 0.717) is 31.1 Å². The van der Waals surface area contributed by atoms with Crippen LogP contribution in [-0.4, -0.2) is 42.1 Å². The summed E-state index contributed by atoms with van der Waals surface area (Å²) >= 11 is 0. The first-order chi connectivity index (χ1) is 16.8. The van der Waals surface area contributed by atoms with Crippen LogP contribution in [0.15, 0.2) is 96.0 Å². The van der Waals surface area contributed by atoms with Gasteiger partial charge in [-0.2, -0.15) is 5.26 Å². The summed E-state index contributed by atoms with van der Waals surface area (Å²) < 4.78 is 7.66. The highest BCUT2D eigenvalue weighted by molar-refractivity contribution is 5.91. The van der Waals surface area contributed by atoms with Crippen LogP contribution in [0.1, 0.15) is 11.1 Å². The highest BCUT2D eigenvalue weighted by Gasteiger charge is 2.25. The number of nitriles is 1. The van der Waals surface area contributed by atoms with Crippen LogP contribution in [0.2, 0.25) is 0 Å². The molecular formula is C29H26N4O. The molecule has 3 aromatic carbocycles. The smallest absolute Gasteiger partial charge is 0.153 e. The second-order valence-electron chi connectivity index (χ2n) is 8.23. The SMILES string of the molecule is N#Cc1c(-c2ccccc2)c(-c2ccccc2)n(Cc2ccccc2)c1N=CN1CCOCC1. The van der Waals surface area contributed by atoms with Crippen molar-refractivity contribution in [2.24, 2.45) is 4.99 Å². The first-order valence-electron chi connectivity index (χ1n) is 11.5. The van der Waals surface area contributed by atoms with E-state index in [9.17, 15) is 5.26 Å². The lowest BCUT2D eigenvalue weighted by Gasteiger charge is -2.24. The molecule has 34 heavy (non-hydrogen) atoms. The topological polar surface area (TPSA) is 53.5 Å². The van der Waals surface area contributed by atoms with Gasteiger partial charge in [0, 0.05) is 25.2 Å². The van der Waals surface area contributed by atoms with Crippen LogP contribution >= 0.6 is 0 Å². The average Bonchev–Trinajstić information content (AvgIpc) is 3.22. The molecule has 0 N–H and O–H groups in total. The number of nitrogens with zero attached hydrogens (tertiary/aromatic N) is 4. The molecule has 168 valence electrons. The molecule has 1 aromatic heterocycles. The maximum Gasteiger partial charge on any atom is 0.153 e. The Morgan fingerprint density at radius 2 is 1.41 bits per heavy atom. The number of morpholine rings is 1. The van der Waals surface area contributed by atoms with Gasteiger partial charge in [-0.05, 0) is 16.7 Å². The molecule has 5 heteroatoms. The molecule has 0 aliphatic carbocycles. The quantitative estimate of drug-likeness (QED) is 0.281. The minimum atomic E-state index is 0.588. The fourth-order valence-corrected chi connectivity index (χ4v) is 4.38. The van der Waals surface area contributed by atoms with Crippen LogP contribution in [0.25, 0.3) is 22.4 Å². The van der Waals surface area contributed by atoms with Crippen molar-refractivity contribution in [2.45, 2.75) is 6.54 Å². The molecule has 5 nitrogen and oxygen atoms in total. The van der Waals surface area contributed by atoms with Gasteiger partial charge < -0.3 is 14.2 Å². The Labute approximate surface area is 200 Å². The first-order valence-corrected chi connectivity index (χ1v) is 11.5. The van der Waals surface area contributed by atoms with Gasteiger partial charge >= 0.3 is 0 Å². The summed E-state index contributed by atoms with van der Waals surface area (Å²) in [5.74, 6) is 0.676. The van der Waals surface area contributed by atoms with Gasteiger partial charge in [-0.1, -0.05) is 91.0 Å². The van der Waals surface area contributed by atoms with Crippen LogP contribution in [0.3, 0.4) is 0 Å². The summed E-state index contributed by atoms with van der Waals surface area (Å²) in [6.07, 6.45) is 1.86. The average molecular weight is 447 g/mol. The summed E-state index contributed by atoms with van der Waals surface area (Å²) in [4.78, 5) is 7.06. The third-order valence-corrected chi connectivity index (χ3v) is 6.03. The normalized spacial score (nSPS) is 13.8. The molecule has 0 bridgehead atoms. The van der Waals surface area contributed by atoms with Crippen molar-refractivity contribution in [1.29, 1.82) is 5.26 Å². The van der Waals surface area contributed by atoms with Crippen molar-refractivity contribution in [3.8, 4) is 28.5 Å². The summed E-state index contributed by atoms with van der Waals surface area (Å²) in [7, 11) is 0. The minimum Gasteiger partial charge on any atom is -0.378 e. The minimum absolute atomic E-state index is 0.588. The lowest BCUT2D eigenvalue weighted by molar-refractivity contribution is 0.0701.